The normalized spacial score (nSPS) is 26.6. The standard InChI is InChI=1S/C27H25ClN4O5/c28-19-11-10-17(32(36)37)14-20(19)29-25(33)24-22-21(23-18-9-5-4-6-15(18)12-13-30(23)24)26(34)31(27(22)35)16-7-2-1-3-8-16/h4-6,9-14,16,21-24H,1-3,7-8H2,(H,29,33)/t21-,22-,23-,24+/m1/s1. The van der Waals surface area contributed by atoms with Crippen molar-refractivity contribution in [3.8, 4) is 0 Å². The van der Waals surface area contributed by atoms with E-state index >= 15 is 0 Å². The highest BCUT2D eigenvalue weighted by Crippen LogP contribution is 2.53. The Hall–Kier alpha value is -3.72. The van der Waals surface area contributed by atoms with Crippen LogP contribution in [-0.4, -0.2) is 44.5 Å². The Kier molecular flexibility index (Phi) is 5.75. The van der Waals surface area contributed by atoms with E-state index in [9.17, 15) is 24.5 Å². The van der Waals surface area contributed by atoms with Gasteiger partial charge < -0.3 is 10.2 Å². The summed E-state index contributed by atoms with van der Waals surface area (Å²) in [5, 5.41) is 14.1. The number of nitro benzene ring substituents is 1. The molecule has 3 fully saturated rings. The molecule has 37 heavy (non-hydrogen) atoms. The lowest BCUT2D eigenvalue weighted by Crippen LogP contribution is -2.49. The van der Waals surface area contributed by atoms with E-state index in [1.165, 1.54) is 23.1 Å². The minimum Gasteiger partial charge on any atom is -0.357 e. The predicted molar refractivity (Wildman–Crippen MR) is 136 cm³/mol. The number of imide groups is 1. The largest absolute Gasteiger partial charge is 0.357 e. The Morgan fingerprint density at radius 2 is 1.76 bits per heavy atom. The number of carbonyl (C=O) groups excluding carboxylic acids is 3. The maximum Gasteiger partial charge on any atom is 0.271 e. The monoisotopic (exact) mass is 520 g/mol. The van der Waals surface area contributed by atoms with Crippen molar-refractivity contribution in [1.82, 2.24) is 9.80 Å². The van der Waals surface area contributed by atoms with Crippen molar-refractivity contribution in [3.05, 3.63) is 74.9 Å². The lowest BCUT2D eigenvalue weighted by atomic mass is 9.84. The van der Waals surface area contributed by atoms with Gasteiger partial charge in [0.2, 0.25) is 17.7 Å². The van der Waals surface area contributed by atoms with Crippen molar-refractivity contribution in [2.75, 3.05) is 5.32 Å². The summed E-state index contributed by atoms with van der Waals surface area (Å²) in [4.78, 5) is 55.5. The van der Waals surface area contributed by atoms with E-state index in [1.807, 2.05) is 30.3 Å². The van der Waals surface area contributed by atoms with E-state index in [0.717, 1.165) is 43.2 Å². The Balaban J connectivity index is 1.40. The minimum absolute atomic E-state index is 0.0863. The summed E-state index contributed by atoms with van der Waals surface area (Å²) in [5.74, 6) is -2.63. The molecule has 2 saturated heterocycles. The zero-order chi connectivity index (χ0) is 25.8. The fourth-order valence-corrected chi connectivity index (χ4v) is 6.67. The zero-order valence-corrected chi connectivity index (χ0v) is 20.6. The molecule has 3 aliphatic heterocycles. The molecule has 9 nitrogen and oxygen atoms in total. The molecule has 1 N–H and O–H groups in total. The Morgan fingerprint density at radius 3 is 2.51 bits per heavy atom. The van der Waals surface area contributed by atoms with E-state index in [0.29, 0.717) is 0 Å². The first-order valence-corrected chi connectivity index (χ1v) is 12.9. The first-order chi connectivity index (χ1) is 17.9. The molecule has 4 aliphatic rings. The first kappa shape index (κ1) is 23.7. The van der Waals surface area contributed by atoms with Gasteiger partial charge in [-0.2, -0.15) is 0 Å². The van der Waals surface area contributed by atoms with Gasteiger partial charge in [0.15, 0.2) is 0 Å². The van der Waals surface area contributed by atoms with E-state index in [4.69, 9.17) is 11.6 Å². The number of non-ortho nitro benzene ring substituents is 1. The van der Waals surface area contributed by atoms with Gasteiger partial charge in [0, 0.05) is 24.4 Å². The van der Waals surface area contributed by atoms with Gasteiger partial charge in [0.1, 0.15) is 6.04 Å². The Labute approximate surface area is 218 Å². The van der Waals surface area contributed by atoms with Crippen LogP contribution in [0, 0.1) is 22.0 Å². The summed E-state index contributed by atoms with van der Waals surface area (Å²) in [5.41, 5.74) is 1.71. The molecule has 0 aromatic heterocycles. The van der Waals surface area contributed by atoms with Gasteiger partial charge in [-0.1, -0.05) is 55.1 Å². The summed E-state index contributed by atoms with van der Waals surface area (Å²) >= 11 is 6.25. The van der Waals surface area contributed by atoms with Crippen LogP contribution in [0.25, 0.3) is 6.08 Å². The third-order valence-electron chi connectivity index (χ3n) is 8.12. The van der Waals surface area contributed by atoms with Crippen molar-refractivity contribution in [1.29, 1.82) is 0 Å². The third kappa shape index (κ3) is 3.71. The Bertz CT molecular complexity index is 1350. The molecule has 3 heterocycles. The van der Waals surface area contributed by atoms with Gasteiger partial charge in [-0.15, -0.1) is 0 Å². The van der Waals surface area contributed by atoms with Crippen LogP contribution in [0.5, 0.6) is 0 Å². The highest BCUT2D eigenvalue weighted by atomic mass is 35.5. The molecule has 1 aliphatic carbocycles. The van der Waals surface area contributed by atoms with E-state index in [1.54, 1.807) is 11.1 Å². The number of benzene rings is 2. The topological polar surface area (TPSA) is 113 Å². The molecule has 2 aromatic rings. The Morgan fingerprint density at radius 1 is 1.03 bits per heavy atom. The fraction of sp³-hybridized carbons (Fsp3) is 0.370. The maximum absolute atomic E-state index is 13.9. The molecule has 1 saturated carbocycles. The van der Waals surface area contributed by atoms with Crippen LogP contribution < -0.4 is 5.32 Å². The summed E-state index contributed by atoms with van der Waals surface area (Å²) in [7, 11) is 0. The smallest absolute Gasteiger partial charge is 0.271 e. The van der Waals surface area contributed by atoms with Crippen LogP contribution in [0.15, 0.2) is 48.7 Å². The zero-order valence-electron chi connectivity index (χ0n) is 19.9. The molecule has 4 atom stereocenters. The summed E-state index contributed by atoms with van der Waals surface area (Å²) in [6.07, 6.45) is 8.23. The van der Waals surface area contributed by atoms with Crippen molar-refractivity contribution >= 4 is 46.8 Å². The van der Waals surface area contributed by atoms with Crippen LogP contribution in [-0.2, 0) is 14.4 Å². The number of hydrogen-bond donors (Lipinski definition) is 1. The van der Waals surface area contributed by atoms with Crippen molar-refractivity contribution < 1.29 is 19.3 Å². The van der Waals surface area contributed by atoms with Crippen LogP contribution in [0.1, 0.15) is 49.3 Å². The highest BCUT2D eigenvalue weighted by Gasteiger charge is 2.65. The molecule has 2 aromatic carbocycles. The lowest BCUT2D eigenvalue weighted by Gasteiger charge is -2.37. The number of nitrogens with one attached hydrogen (secondary N) is 1. The summed E-state index contributed by atoms with van der Waals surface area (Å²) in [6, 6.07) is 9.91. The number of fused-ring (bicyclic) bond motifs is 5. The van der Waals surface area contributed by atoms with Gasteiger partial charge in [0.25, 0.3) is 5.69 Å². The molecule has 10 heteroatoms. The number of rotatable bonds is 4. The lowest BCUT2D eigenvalue weighted by molar-refractivity contribution is -0.384. The van der Waals surface area contributed by atoms with Gasteiger partial charge in [-0.05, 0) is 36.1 Å². The maximum atomic E-state index is 13.9. The van der Waals surface area contributed by atoms with Crippen molar-refractivity contribution in [2.24, 2.45) is 11.8 Å². The molecular formula is C27H25ClN4O5. The van der Waals surface area contributed by atoms with Crippen LogP contribution in [0.2, 0.25) is 5.02 Å². The van der Waals surface area contributed by atoms with E-state index < -0.39 is 34.7 Å². The molecule has 190 valence electrons. The molecule has 0 radical (unpaired) electrons. The molecule has 0 spiro atoms. The number of likely N-dealkylation sites (tertiary alicyclic amines) is 1. The molecule has 0 bridgehead atoms. The molecule has 6 rings (SSSR count). The van der Waals surface area contributed by atoms with Crippen molar-refractivity contribution in [3.63, 3.8) is 0 Å². The van der Waals surface area contributed by atoms with Crippen LogP contribution in [0.4, 0.5) is 11.4 Å². The average molecular weight is 521 g/mol. The van der Waals surface area contributed by atoms with E-state index in [2.05, 4.69) is 5.32 Å². The predicted octanol–water partition coefficient (Wildman–Crippen LogP) is 4.53. The fourth-order valence-electron chi connectivity index (χ4n) is 6.51. The number of halogens is 1. The second-order valence-electron chi connectivity index (χ2n) is 10.1. The number of hydrogen-bond acceptors (Lipinski definition) is 6. The first-order valence-electron chi connectivity index (χ1n) is 12.5. The summed E-state index contributed by atoms with van der Waals surface area (Å²) < 4.78 is 0. The third-order valence-corrected chi connectivity index (χ3v) is 8.45. The molecular weight excluding hydrogens is 496 g/mol. The number of nitrogens with zero attached hydrogens (tertiary/aromatic N) is 3. The van der Waals surface area contributed by atoms with Gasteiger partial charge in [-0.3, -0.25) is 29.4 Å². The van der Waals surface area contributed by atoms with Crippen molar-refractivity contribution in [2.45, 2.75) is 50.2 Å². The quantitative estimate of drug-likeness (QED) is 0.360. The second-order valence-corrected chi connectivity index (χ2v) is 10.5. The van der Waals surface area contributed by atoms with Gasteiger partial charge in [-0.25, -0.2) is 0 Å². The van der Waals surface area contributed by atoms with Crippen LogP contribution >= 0.6 is 11.6 Å². The SMILES string of the molecule is O=C(Nc1cc([N+](=O)[O-])ccc1Cl)[C@@H]1[C@@H]2C(=O)N(C3CCCCC3)C(=O)[C@H]2[C@H]2c3ccccc3C=CN12. The molecule has 0 unspecified atom stereocenters. The number of amides is 3. The number of nitro groups is 1. The average Bonchev–Trinajstić information content (AvgIpc) is 3.38. The number of anilines is 1. The molecule has 3 amide bonds. The van der Waals surface area contributed by atoms with Gasteiger partial charge in [0.05, 0.1) is 33.5 Å². The summed E-state index contributed by atoms with van der Waals surface area (Å²) in [6.45, 7) is 0. The van der Waals surface area contributed by atoms with E-state index in [-0.39, 0.29) is 34.3 Å². The second kappa shape index (κ2) is 8.99. The number of carbonyl (C=O) groups is 3. The minimum atomic E-state index is -0.972. The van der Waals surface area contributed by atoms with Gasteiger partial charge >= 0.3 is 0 Å². The highest BCUT2D eigenvalue weighted by molar-refractivity contribution is 6.34. The van der Waals surface area contributed by atoms with Crippen LogP contribution in [0.3, 0.4) is 0 Å².